The highest BCUT2D eigenvalue weighted by molar-refractivity contribution is 5.67. The standard InChI is InChI=1S/C18H14F3N3O2/c19-18(20,21)26-14-3-1-2-13(10-14)16-11-22-17-5-4-15(23-24(16)17)12-6-8-25-9-7-12/h1-6,10-11H,7-9H2. The molecule has 0 fully saturated rings. The number of halogens is 3. The van der Waals surface area contributed by atoms with Crippen LogP contribution in [0.5, 0.6) is 5.75 Å². The van der Waals surface area contributed by atoms with Crippen LogP contribution in [-0.4, -0.2) is 34.2 Å². The summed E-state index contributed by atoms with van der Waals surface area (Å²) in [6.07, 6.45) is -0.417. The number of nitrogens with zero attached hydrogens (tertiary/aromatic N) is 3. The highest BCUT2D eigenvalue weighted by Gasteiger charge is 2.31. The maximum absolute atomic E-state index is 12.5. The van der Waals surface area contributed by atoms with Crippen LogP contribution in [0.2, 0.25) is 0 Å². The molecule has 134 valence electrons. The van der Waals surface area contributed by atoms with Crippen molar-refractivity contribution < 1.29 is 22.6 Å². The van der Waals surface area contributed by atoms with E-state index in [-0.39, 0.29) is 5.75 Å². The van der Waals surface area contributed by atoms with Gasteiger partial charge in [0.2, 0.25) is 0 Å². The van der Waals surface area contributed by atoms with Crippen LogP contribution in [0.15, 0.2) is 48.7 Å². The van der Waals surface area contributed by atoms with Gasteiger partial charge >= 0.3 is 6.36 Å². The average molecular weight is 361 g/mol. The van der Waals surface area contributed by atoms with Crippen LogP contribution < -0.4 is 4.74 Å². The average Bonchev–Trinajstić information content (AvgIpc) is 3.04. The summed E-state index contributed by atoms with van der Waals surface area (Å²) in [5.74, 6) is -0.284. The van der Waals surface area contributed by atoms with Crippen molar-refractivity contribution >= 4 is 11.2 Å². The Kier molecular flexibility index (Phi) is 4.12. The molecule has 0 saturated heterocycles. The molecule has 3 aromatic rings. The number of benzene rings is 1. The summed E-state index contributed by atoms with van der Waals surface area (Å²) < 4.78 is 48.3. The minimum atomic E-state index is -4.74. The molecule has 1 aliphatic rings. The van der Waals surface area contributed by atoms with E-state index in [1.165, 1.54) is 18.2 Å². The quantitative estimate of drug-likeness (QED) is 0.705. The smallest absolute Gasteiger partial charge is 0.406 e. The van der Waals surface area contributed by atoms with Gasteiger partial charge in [0.1, 0.15) is 5.75 Å². The molecule has 8 heteroatoms. The van der Waals surface area contributed by atoms with E-state index >= 15 is 0 Å². The van der Waals surface area contributed by atoms with Gasteiger partial charge in [-0.25, -0.2) is 9.50 Å². The largest absolute Gasteiger partial charge is 0.573 e. The Morgan fingerprint density at radius 1 is 1.15 bits per heavy atom. The monoisotopic (exact) mass is 361 g/mol. The number of fused-ring (bicyclic) bond motifs is 1. The Balaban J connectivity index is 1.75. The van der Waals surface area contributed by atoms with Crippen molar-refractivity contribution in [3.8, 4) is 17.0 Å². The second-order valence-electron chi connectivity index (χ2n) is 5.76. The van der Waals surface area contributed by atoms with E-state index in [9.17, 15) is 13.2 Å². The Bertz CT molecular complexity index is 979. The Morgan fingerprint density at radius 3 is 2.81 bits per heavy atom. The van der Waals surface area contributed by atoms with Crippen molar-refractivity contribution in [2.24, 2.45) is 0 Å². The van der Waals surface area contributed by atoms with Crippen LogP contribution in [0.25, 0.3) is 22.5 Å². The SMILES string of the molecule is FC(F)(F)Oc1cccc(-c2cnc3ccc(C4=CCOCC4)nn23)c1. The first-order valence-corrected chi connectivity index (χ1v) is 7.98. The lowest BCUT2D eigenvalue weighted by Gasteiger charge is -2.13. The van der Waals surface area contributed by atoms with Crippen LogP contribution in [-0.2, 0) is 4.74 Å². The summed E-state index contributed by atoms with van der Waals surface area (Å²) in [4.78, 5) is 4.28. The summed E-state index contributed by atoms with van der Waals surface area (Å²) in [5, 5.41) is 4.61. The Labute approximate surface area is 146 Å². The lowest BCUT2D eigenvalue weighted by Crippen LogP contribution is -2.17. The van der Waals surface area contributed by atoms with E-state index in [2.05, 4.69) is 14.8 Å². The van der Waals surface area contributed by atoms with Gasteiger partial charge in [0.15, 0.2) is 5.65 Å². The maximum atomic E-state index is 12.5. The molecule has 0 atom stereocenters. The predicted molar refractivity (Wildman–Crippen MR) is 88.5 cm³/mol. The zero-order chi connectivity index (χ0) is 18.1. The van der Waals surface area contributed by atoms with Crippen LogP contribution in [0, 0.1) is 0 Å². The number of rotatable bonds is 3. The van der Waals surface area contributed by atoms with Crippen molar-refractivity contribution in [2.45, 2.75) is 12.8 Å². The molecular formula is C18H14F3N3O2. The van der Waals surface area contributed by atoms with Crippen molar-refractivity contribution in [3.05, 3.63) is 54.4 Å². The number of hydrogen-bond donors (Lipinski definition) is 0. The van der Waals surface area contributed by atoms with Crippen LogP contribution in [0.1, 0.15) is 12.1 Å². The first-order chi connectivity index (χ1) is 12.5. The fourth-order valence-electron chi connectivity index (χ4n) is 2.85. The number of hydrogen-bond acceptors (Lipinski definition) is 4. The van der Waals surface area contributed by atoms with E-state index in [1.54, 1.807) is 16.8 Å². The van der Waals surface area contributed by atoms with Crippen molar-refractivity contribution in [1.82, 2.24) is 14.6 Å². The molecule has 2 aromatic heterocycles. The van der Waals surface area contributed by atoms with Crippen LogP contribution >= 0.6 is 0 Å². The van der Waals surface area contributed by atoms with Gasteiger partial charge in [0, 0.05) is 5.56 Å². The molecule has 0 bridgehead atoms. The number of imidazole rings is 1. The minimum Gasteiger partial charge on any atom is -0.406 e. The minimum absolute atomic E-state index is 0.284. The van der Waals surface area contributed by atoms with Gasteiger partial charge in [-0.15, -0.1) is 13.2 Å². The summed E-state index contributed by atoms with van der Waals surface area (Å²) in [7, 11) is 0. The predicted octanol–water partition coefficient (Wildman–Crippen LogP) is 4.10. The van der Waals surface area contributed by atoms with Crippen LogP contribution in [0.4, 0.5) is 13.2 Å². The highest BCUT2D eigenvalue weighted by Crippen LogP contribution is 2.29. The molecule has 1 aliphatic heterocycles. The molecule has 0 unspecified atom stereocenters. The molecule has 26 heavy (non-hydrogen) atoms. The van der Waals surface area contributed by atoms with E-state index < -0.39 is 6.36 Å². The Hall–Kier alpha value is -2.87. The molecule has 0 spiro atoms. The van der Waals surface area contributed by atoms with E-state index in [4.69, 9.17) is 4.74 Å². The van der Waals surface area contributed by atoms with Crippen molar-refractivity contribution in [3.63, 3.8) is 0 Å². The molecule has 0 N–H and O–H groups in total. The van der Waals surface area contributed by atoms with E-state index in [0.29, 0.717) is 30.1 Å². The normalized spacial score (nSPS) is 15.1. The number of ether oxygens (including phenoxy) is 2. The van der Waals surface area contributed by atoms with Gasteiger partial charge in [-0.05, 0) is 36.3 Å². The second kappa shape index (κ2) is 6.45. The summed E-state index contributed by atoms with van der Waals surface area (Å²) in [6.45, 7) is 1.18. The number of aromatic nitrogens is 3. The fraction of sp³-hybridized carbons (Fsp3) is 0.222. The first kappa shape index (κ1) is 16.6. The van der Waals surface area contributed by atoms with Gasteiger partial charge in [0.25, 0.3) is 0 Å². The molecule has 0 saturated carbocycles. The lowest BCUT2D eigenvalue weighted by molar-refractivity contribution is -0.274. The van der Waals surface area contributed by atoms with Crippen molar-refractivity contribution in [1.29, 1.82) is 0 Å². The van der Waals surface area contributed by atoms with Crippen molar-refractivity contribution in [2.75, 3.05) is 13.2 Å². The molecular weight excluding hydrogens is 347 g/mol. The second-order valence-corrected chi connectivity index (χ2v) is 5.76. The third kappa shape index (κ3) is 3.41. The number of alkyl halides is 3. The van der Waals surface area contributed by atoms with Gasteiger partial charge in [-0.2, -0.15) is 5.10 Å². The van der Waals surface area contributed by atoms with E-state index in [1.807, 2.05) is 18.2 Å². The maximum Gasteiger partial charge on any atom is 0.573 e. The molecule has 0 radical (unpaired) electrons. The molecule has 0 amide bonds. The summed E-state index contributed by atoms with van der Waals surface area (Å²) >= 11 is 0. The molecule has 5 nitrogen and oxygen atoms in total. The van der Waals surface area contributed by atoms with Gasteiger partial charge < -0.3 is 9.47 Å². The Morgan fingerprint density at radius 2 is 2.04 bits per heavy atom. The topological polar surface area (TPSA) is 48.7 Å². The van der Waals surface area contributed by atoms with Crippen LogP contribution in [0.3, 0.4) is 0 Å². The zero-order valence-corrected chi connectivity index (χ0v) is 13.5. The highest BCUT2D eigenvalue weighted by atomic mass is 19.4. The van der Waals surface area contributed by atoms with Gasteiger partial charge in [-0.3, -0.25) is 0 Å². The van der Waals surface area contributed by atoms with Gasteiger partial charge in [-0.1, -0.05) is 18.2 Å². The summed E-state index contributed by atoms with van der Waals surface area (Å²) in [6, 6.07) is 9.48. The molecule has 0 aliphatic carbocycles. The van der Waals surface area contributed by atoms with Gasteiger partial charge in [0.05, 0.1) is 30.8 Å². The molecule has 4 rings (SSSR count). The first-order valence-electron chi connectivity index (χ1n) is 7.98. The zero-order valence-electron chi connectivity index (χ0n) is 13.5. The van der Waals surface area contributed by atoms with E-state index in [0.717, 1.165) is 17.7 Å². The molecule has 1 aromatic carbocycles. The summed E-state index contributed by atoms with van der Waals surface area (Å²) in [5.41, 5.74) is 3.60. The fourth-order valence-corrected chi connectivity index (χ4v) is 2.85. The third-order valence-corrected chi connectivity index (χ3v) is 4.02. The lowest BCUT2D eigenvalue weighted by atomic mass is 10.1. The molecule has 3 heterocycles. The third-order valence-electron chi connectivity index (χ3n) is 4.02.